The predicted octanol–water partition coefficient (Wildman–Crippen LogP) is 6.60. The molecule has 4 heterocycles. The minimum Gasteiger partial charge on any atom is -0.416 e. The van der Waals surface area contributed by atoms with Gasteiger partial charge in [-0.05, 0) is 55.5 Å². The summed E-state index contributed by atoms with van der Waals surface area (Å²) in [7, 11) is -3.91. The van der Waals surface area contributed by atoms with Crippen molar-refractivity contribution in [3.8, 4) is 0 Å². The van der Waals surface area contributed by atoms with Crippen LogP contribution in [0.25, 0.3) is 0 Å². The van der Waals surface area contributed by atoms with E-state index < -0.39 is 16.6 Å². The molecular formula is C27H46O4Si2. The third kappa shape index (κ3) is 2.77. The summed E-state index contributed by atoms with van der Waals surface area (Å²) in [6, 6.07) is 0. The van der Waals surface area contributed by atoms with Gasteiger partial charge in [0.25, 0.3) is 0 Å². The average Bonchev–Trinajstić information content (AvgIpc) is 3.39. The zero-order valence-corrected chi connectivity index (χ0v) is 24.6. The average molecular weight is 491 g/mol. The Morgan fingerprint density at radius 1 is 0.758 bits per heavy atom. The number of fused-ring (bicyclic) bond motifs is 4. The zero-order valence-electron chi connectivity index (χ0n) is 22.6. The van der Waals surface area contributed by atoms with Crippen molar-refractivity contribution < 1.29 is 18.3 Å². The van der Waals surface area contributed by atoms with Gasteiger partial charge < -0.3 is 18.3 Å². The molecular weight excluding hydrogens is 444 g/mol. The van der Waals surface area contributed by atoms with Crippen LogP contribution in [0.15, 0.2) is 24.3 Å². The van der Waals surface area contributed by atoms with Crippen LogP contribution in [0.3, 0.4) is 0 Å². The van der Waals surface area contributed by atoms with Gasteiger partial charge in [0, 0.05) is 13.2 Å². The maximum Gasteiger partial charge on any atom is 0.192 e. The van der Waals surface area contributed by atoms with Crippen molar-refractivity contribution in [2.45, 2.75) is 120 Å². The summed E-state index contributed by atoms with van der Waals surface area (Å²) in [5.41, 5.74) is -1.08. The van der Waals surface area contributed by atoms with Crippen LogP contribution in [0.4, 0.5) is 0 Å². The molecule has 5 rings (SSSR count). The Hall–Kier alpha value is -0.246. The van der Waals surface area contributed by atoms with E-state index in [1.54, 1.807) is 0 Å². The zero-order chi connectivity index (χ0) is 24.3. The molecule has 6 atom stereocenters. The lowest BCUT2D eigenvalue weighted by molar-refractivity contribution is -0.161. The van der Waals surface area contributed by atoms with Gasteiger partial charge >= 0.3 is 0 Å². The first kappa shape index (κ1) is 24.4. The first-order valence-electron chi connectivity index (χ1n) is 13.0. The summed E-state index contributed by atoms with van der Waals surface area (Å²) in [6.45, 7) is 24.8. The molecule has 0 aromatic heterocycles. The van der Waals surface area contributed by atoms with Gasteiger partial charge in [0.15, 0.2) is 16.6 Å². The summed E-state index contributed by atoms with van der Waals surface area (Å²) in [4.78, 5) is 0. The second kappa shape index (κ2) is 6.74. The van der Waals surface area contributed by atoms with Crippen LogP contribution in [0.1, 0.15) is 60.8 Å². The number of hydrogen-bond acceptors (Lipinski definition) is 4. The maximum absolute atomic E-state index is 7.10. The number of ether oxygens (including phenoxy) is 2. The summed E-state index contributed by atoms with van der Waals surface area (Å²) in [5, 5.41) is 0.329. The highest BCUT2D eigenvalue weighted by molar-refractivity contribution is 6.74. The van der Waals surface area contributed by atoms with E-state index in [4.69, 9.17) is 18.3 Å². The van der Waals surface area contributed by atoms with Crippen molar-refractivity contribution in [3.05, 3.63) is 24.3 Å². The molecule has 0 aromatic rings. The summed E-state index contributed by atoms with van der Waals surface area (Å²) < 4.78 is 28.2. The lowest BCUT2D eigenvalue weighted by atomic mass is 9.43. The first-order chi connectivity index (χ1) is 15.0. The lowest BCUT2D eigenvalue weighted by Gasteiger charge is -2.60. The van der Waals surface area contributed by atoms with E-state index in [-0.39, 0.29) is 44.3 Å². The quantitative estimate of drug-likeness (QED) is 0.310. The Bertz CT molecular complexity index is 857. The fourth-order valence-electron chi connectivity index (χ4n) is 6.94. The Morgan fingerprint density at radius 3 is 1.61 bits per heavy atom. The monoisotopic (exact) mass is 490 g/mol. The summed E-state index contributed by atoms with van der Waals surface area (Å²) >= 11 is 0. The Balaban J connectivity index is 1.61. The van der Waals surface area contributed by atoms with Gasteiger partial charge in [-0.15, -0.1) is 0 Å². The van der Waals surface area contributed by atoms with E-state index in [9.17, 15) is 0 Å². The van der Waals surface area contributed by atoms with Gasteiger partial charge in [0.2, 0.25) is 0 Å². The molecule has 0 aromatic carbocycles. The van der Waals surface area contributed by atoms with Gasteiger partial charge in [-0.25, -0.2) is 0 Å². The van der Waals surface area contributed by atoms with Crippen LogP contribution < -0.4 is 0 Å². The van der Waals surface area contributed by atoms with Crippen LogP contribution >= 0.6 is 0 Å². The molecule has 2 unspecified atom stereocenters. The first-order valence-corrected chi connectivity index (χ1v) is 18.8. The minimum absolute atomic E-state index is 0.0280. The highest BCUT2D eigenvalue weighted by Crippen LogP contribution is 2.79. The van der Waals surface area contributed by atoms with Crippen molar-refractivity contribution in [3.63, 3.8) is 0 Å². The van der Waals surface area contributed by atoms with Gasteiger partial charge in [0.1, 0.15) is 0 Å². The van der Waals surface area contributed by atoms with Crippen LogP contribution in [0, 0.1) is 10.8 Å². The van der Waals surface area contributed by atoms with E-state index in [0.29, 0.717) is 13.2 Å². The summed E-state index contributed by atoms with van der Waals surface area (Å²) in [6.07, 6.45) is 12.7. The van der Waals surface area contributed by atoms with Crippen LogP contribution in [0.2, 0.25) is 36.3 Å². The molecule has 2 spiro atoms. The molecule has 0 N–H and O–H groups in total. The topological polar surface area (TPSA) is 36.9 Å². The molecule has 4 nitrogen and oxygen atoms in total. The number of rotatable bonds is 6. The van der Waals surface area contributed by atoms with Gasteiger partial charge in [-0.3, -0.25) is 0 Å². The smallest absolute Gasteiger partial charge is 0.192 e. The minimum atomic E-state index is -1.96. The molecule has 1 aliphatic carbocycles. The summed E-state index contributed by atoms with van der Waals surface area (Å²) in [5.74, 6) is 0. The molecule has 2 saturated heterocycles. The Morgan fingerprint density at radius 2 is 1.18 bits per heavy atom. The van der Waals surface area contributed by atoms with E-state index in [0.717, 1.165) is 19.3 Å². The van der Waals surface area contributed by atoms with E-state index in [1.165, 1.54) is 0 Å². The molecule has 5 aliphatic rings. The highest BCUT2D eigenvalue weighted by Gasteiger charge is 2.88. The fourth-order valence-corrected chi connectivity index (χ4v) is 8.98. The Kier molecular flexibility index (Phi) is 4.99. The van der Waals surface area contributed by atoms with Crippen molar-refractivity contribution in [2.24, 2.45) is 10.8 Å². The standard InChI is InChI=1S/C27H46O4Si2/c1-22(2,3)32(7,8)28-18-26-20-12-16-24(30-20)14-11-15-25(17-13-21(26)31-25)27(24,26)19-29-33(9,10)23(4,5)6/h12-13,16-17,20-21H,11,14-15,18-19H2,1-10H3/t20-,21+,24+,25-,26?,27?. The van der Waals surface area contributed by atoms with E-state index >= 15 is 0 Å². The third-order valence-electron chi connectivity index (χ3n) is 11.0. The van der Waals surface area contributed by atoms with Gasteiger partial charge in [-0.2, -0.15) is 0 Å². The normalized spacial score (nSPS) is 43.6. The molecule has 186 valence electrons. The SMILES string of the molecule is CC(C)(C)[Si](C)(C)OCC12[C@@H]3C=C[C@@]4(CCC[C@]5(C=C[C@H]1O5)C24CO[Si](C)(C)C(C)(C)C)O3. The molecule has 3 fully saturated rings. The van der Waals surface area contributed by atoms with Crippen LogP contribution in [-0.4, -0.2) is 53.3 Å². The maximum atomic E-state index is 7.10. The lowest BCUT2D eigenvalue weighted by Crippen LogP contribution is -2.70. The van der Waals surface area contributed by atoms with E-state index in [2.05, 4.69) is 92.0 Å². The Labute approximate surface area is 203 Å². The second-order valence-electron chi connectivity index (χ2n) is 14.5. The molecule has 0 radical (unpaired) electrons. The predicted molar refractivity (Wildman–Crippen MR) is 139 cm³/mol. The largest absolute Gasteiger partial charge is 0.416 e. The molecule has 1 saturated carbocycles. The van der Waals surface area contributed by atoms with Gasteiger partial charge in [0.05, 0.1) is 34.2 Å². The van der Waals surface area contributed by atoms with E-state index in [1.807, 2.05) is 0 Å². The second-order valence-corrected chi connectivity index (χ2v) is 24.1. The van der Waals surface area contributed by atoms with Crippen molar-refractivity contribution >= 4 is 16.6 Å². The number of hydrogen-bond donors (Lipinski definition) is 0. The molecule has 6 heteroatoms. The highest BCUT2D eigenvalue weighted by atomic mass is 28.4. The van der Waals surface area contributed by atoms with Crippen LogP contribution in [0.5, 0.6) is 0 Å². The molecule has 4 bridgehead atoms. The fraction of sp³-hybridized carbons (Fsp3) is 0.852. The molecule has 33 heavy (non-hydrogen) atoms. The third-order valence-corrected chi connectivity index (χ3v) is 20.0. The molecule has 4 aliphatic heterocycles. The van der Waals surface area contributed by atoms with Crippen molar-refractivity contribution in [1.82, 2.24) is 0 Å². The van der Waals surface area contributed by atoms with Gasteiger partial charge in [-0.1, -0.05) is 65.8 Å². The van der Waals surface area contributed by atoms with Crippen LogP contribution in [-0.2, 0) is 18.3 Å². The van der Waals surface area contributed by atoms with Crippen molar-refractivity contribution in [2.75, 3.05) is 13.2 Å². The van der Waals surface area contributed by atoms with Crippen molar-refractivity contribution in [1.29, 1.82) is 0 Å². The molecule has 0 amide bonds.